The Labute approximate surface area is 188 Å². The van der Waals surface area contributed by atoms with E-state index in [1.54, 1.807) is 33.1 Å². The van der Waals surface area contributed by atoms with E-state index in [9.17, 15) is 10.1 Å². The van der Waals surface area contributed by atoms with E-state index in [2.05, 4.69) is 27.7 Å². The molecule has 0 aliphatic heterocycles. The molecular weight excluding hydrogens is 493 g/mol. The van der Waals surface area contributed by atoms with Gasteiger partial charge in [-0.2, -0.15) is 10.4 Å². The summed E-state index contributed by atoms with van der Waals surface area (Å²) in [6.07, 6.45) is 1.53. The van der Waals surface area contributed by atoms with Gasteiger partial charge in [0.05, 0.1) is 16.4 Å². The zero-order valence-corrected chi connectivity index (χ0v) is 19.0. The van der Waals surface area contributed by atoms with Crippen molar-refractivity contribution >= 4 is 34.6 Å². The lowest BCUT2D eigenvalue weighted by atomic mass is 10.1. The summed E-state index contributed by atoms with van der Waals surface area (Å²) in [7, 11) is 1.56. The van der Waals surface area contributed by atoms with Gasteiger partial charge in [-0.1, -0.05) is 30.3 Å². The van der Waals surface area contributed by atoms with Gasteiger partial charge >= 0.3 is 0 Å². The first-order valence-corrected chi connectivity index (χ1v) is 10.2. The highest BCUT2D eigenvalue weighted by molar-refractivity contribution is 14.1. The van der Waals surface area contributed by atoms with Crippen molar-refractivity contribution in [2.75, 3.05) is 7.11 Å². The predicted molar refractivity (Wildman–Crippen MR) is 122 cm³/mol. The standard InChI is InChI=1S/C23H20IN3O3/c1-15-9-16(2)27(26-15)23(28)19(13-25)10-18-11-20(24)22(21(12-18)29-3)30-14-17-7-5-4-6-8-17/h4-12H,14H2,1-3H3/b19-10+. The summed E-state index contributed by atoms with van der Waals surface area (Å²) in [6.45, 7) is 3.98. The number of aromatic nitrogens is 2. The first-order valence-electron chi connectivity index (χ1n) is 9.17. The number of rotatable bonds is 6. The number of carbonyl (C=O) groups is 1. The molecule has 152 valence electrons. The number of nitriles is 1. The average Bonchev–Trinajstić information content (AvgIpc) is 3.09. The molecule has 30 heavy (non-hydrogen) atoms. The van der Waals surface area contributed by atoms with Gasteiger partial charge in [0.15, 0.2) is 11.5 Å². The van der Waals surface area contributed by atoms with Crippen molar-refractivity contribution in [2.24, 2.45) is 0 Å². The largest absolute Gasteiger partial charge is 0.493 e. The minimum atomic E-state index is -0.471. The molecule has 0 aliphatic rings. The molecule has 0 atom stereocenters. The second kappa shape index (κ2) is 9.59. The SMILES string of the molecule is COc1cc(/C=C(\C#N)C(=O)n2nc(C)cc2C)cc(I)c1OCc1ccccc1. The molecule has 0 amide bonds. The van der Waals surface area contributed by atoms with Crippen molar-refractivity contribution in [3.8, 4) is 17.6 Å². The molecule has 3 rings (SSSR count). The Kier molecular flexibility index (Phi) is 6.90. The molecule has 0 fully saturated rings. The second-order valence-electron chi connectivity index (χ2n) is 6.62. The van der Waals surface area contributed by atoms with E-state index in [0.29, 0.717) is 35.1 Å². The maximum atomic E-state index is 12.7. The third-order valence-corrected chi connectivity index (χ3v) is 5.14. The van der Waals surface area contributed by atoms with Crippen molar-refractivity contribution in [1.82, 2.24) is 9.78 Å². The van der Waals surface area contributed by atoms with E-state index < -0.39 is 5.91 Å². The van der Waals surface area contributed by atoms with Crippen molar-refractivity contribution < 1.29 is 14.3 Å². The van der Waals surface area contributed by atoms with E-state index in [1.165, 1.54) is 10.8 Å². The Bertz CT molecular complexity index is 1140. The maximum absolute atomic E-state index is 12.7. The van der Waals surface area contributed by atoms with Crippen LogP contribution >= 0.6 is 22.6 Å². The summed E-state index contributed by atoms with van der Waals surface area (Å²) in [6, 6.07) is 17.2. The third-order valence-electron chi connectivity index (χ3n) is 4.34. The van der Waals surface area contributed by atoms with Gasteiger partial charge < -0.3 is 9.47 Å². The van der Waals surface area contributed by atoms with E-state index in [4.69, 9.17) is 9.47 Å². The first kappa shape index (κ1) is 21.6. The molecule has 7 heteroatoms. The molecule has 0 saturated carbocycles. The summed E-state index contributed by atoms with van der Waals surface area (Å²) < 4.78 is 13.5. The molecule has 0 saturated heterocycles. The van der Waals surface area contributed by atoms with Crippen LogP contribution in [0.15, 0.2) is 54.1 Å². The normalized spacial score (nSPS) is 11.1. The van der Waals surface area contributed by atoms with Crippen LogP contribution < -0.4 is 9.47 Å². The highest BCUT2D eigenvalue weighted by Crippen LogP contribution is 2.35. The zero-order valence-electron chi connectivity index (χ0n) is 16.8. The van der Waals surface area contributed by atoms with Crippen LogP contribution in [0.3, 0.4) is 0 Å². The fourth-order valence-electron chi connectivity index (χ4n) is 2.95. The molecule has 0 spiro atoms. The van der Waals surface area contributed by atoms with Gasteiger partial charge in [-0.15, -0.1) is 0 Å². The molecule has 1 aromatic heterocycles. The third kappa shape index (κ3) is 4.89. The lowest BCUT2D eigenvalue weighted by molar-refractivity contribution is 0.0943. The molecule has 0 bridgehead atoms. The molecule has 0 radical (unpaired) electrons. The van der Waals surface area contributed by atoms with Crippen molar-refractivity contribution in [3.05, 3.63) is 80.2 Å². The van der Waals surface area contributed by atoms with Crippen LogP contribution in [0, 0.1) is 28.7 Å². The van der Waals surface area contributed by atoms with Gasteiger partial charge in [0.1, 0.15) is 18.2 Å². The Morgan fingerprint density at radius 1 is 1.23 bits per heavy atom. The number of methoxy groups -OCH3 is 1. The van der Waals surface area contributed by atoms with Crippen LogP contribution in [0.25, 0.3) is 6.08 Å². The van der Waals surface area contributed by atoms with Crippen LogP contribution in [-0.2, 0) is 6.61 Å². The number of nitrogens with zero attached hydrogens (tertiary/aromatic N) is 3. The molecular formula is C23H20IN3O3. The molecule has 0 N–H and O–H groups in total. The van der Waals surface area contributed by atoms with Crippen molar-refractivity contribution in [3.63, 3.8) is 0 Å². The van der Waals surface area contributed by atoms with Gasteiger partial charge in [0.2, 0.25) is 0 Å². The Morgan fingerprint density at radius 3 is 2.57 bits per heavy atom. The van der Waals surface area contributed by atoms with Crippen LogP contribution in [0.4, 0.5) is 0 Å². The summed E-state index contributed by atoms with van der Waals surface area (Å²) in [4.78, 5) is 12.7. The smallest absolute Gasteiger partial charge is 0.289 e. The van der Waals surface area contributed by atoms with E-state index in [0.717, 1.165) is 9.13 Å². The second-order valence-corrected chi connectivity index (χ2v) is 7.78. The molecule has 0 aliphatic carbocycles. The van der Waals surface area contributed by atoms with Gasteiger partial charge in [-0.3, -0.25) is 4.79 Å². The maximum Gasteiger partial charge on any atom is 0.289 e. The van der Waals surface area contributed by atoms with Crippen LogP contribution in [0.5, 0.6) is 11.5 Å². The summed E-state index contributed by atoms with van der Waals surface area (Å²) >= 11 is 2.15. The van der Waals surface area contributed by atoms with Crippen LogP contribution in [0.2, 0.25) is 0 Å². The average molecular weight is 513 g/mol. The fraction of sp³-hybridized carbons (Fsp3) is 0.174. The summed E-state index contributed by atoms with van der Waals surface area (Å²) in [5.74, 6) is 0.670. The number of ether oxygens (including phenoxy) is 2. The van der Waals surface area contributed by atoms with Crippen LogP contribution in [-0.4, -0.2) is 22.8 Å². The molecule has 2 aromatic carbocycles. The molecule has 6 nitrogen and oxygen atoms in total. The monoisotopic (exact) mass is 513 g/mol. The number of carbonyl (C=O) groups excluding carboxylic acids is 1. The molecule has 3 aromatic rings. The lowest BCUT2D eigenvalue weighted by Gasteiger charge is -2.14. The number of benzene rings is 2. The molecule has 1 heterocycles. The minimum Gasteiger partial charge on any atom is -0.493 e. The first-order chi connectivity index (χ1) is 14.4. The fourth-order valence-corrected chi connectivity index (χ4v) is 3.73. The van der Waals surface area contributed by atoms with E-state index in [-0.39, 0.29) is 5.57 Å². The van der Waals surface area contributed by atoms with Gasteiger partial charge in [-0.05, 0) is 71.8 Å². The van der Waals surface area contributed by atoms with Gasteiger partial charge in [0, 0.05) is 5.69 Å². The Morgan fingerprint density at radius 2 is 1.97 bits per heavy atom. The Balaban J connectivity index is 1.90. The van der Waals surface area contributed by atoms with Crippen molar-refractivity contribution in [1.29, 1.82) is 5.26 Å². The Hall–Kier alpha value is -3.12. The van der Waals surface area contributed by atoms with Gasteiger partial charge in [-0.25, -0.2) is 4.68 Å². The summed E-state index contributed by atoms with van der Waals surface area (Å²) in [5.41, 5.74) is 3.08. The predicted octanol–water partition coefficient (Wildman–Crippen LogP) is 4.94. The highest BCUT2D eigenvalue weighted by Gasteiger charge is 2.17. The number of hydrogen-bond donors (Lipinski definition) is 0. The number of hydrogen-bond acceptors (Lipinski definition) is 5. The number of allylic oxidation sites excluding steroid dienone is 1. The number of halogens is 1. The highest BCUT2D eigenvalue weighted by atomic mass is 127. The minimum absolute atomic E-state index is 0.0167. The van der Waals surface area contributed by atoms with Crippen LogP contribution in [0.1, 0.15) is 27.3 Å². The van der Waals surface area contributed by atoms with Gasteiger partial charge in [0.25, 0.3) is 5.91 Å². The molecule has 0 unspecified atom stereocenters. The lowest BCUT2D eigenvalue weighted by Crippen LogP contribution is -2.15. The van der Waals surface area contributed by atoms with E-state index >= 15 is 0 Å². The summed E-state index contributed by atoms with van der Waals surface area (Å²) in [5, 5.41) is 13.7. The van der Waals surface area contributed by atoms with E-state index in [1.807, 2.05) is 42.5 Å². The quantitative estimate of drug-likeness (QED) is 0.265. The topological polar surface area (TPSA) is 77.1 Å². The number of aryl methyl sites for hydroxylation is 2. The zero-order chi connectivity index (χ0) is 21.7. The van der Waals surface area contributed by atoms with Crippen molar-refractivity contribution in [2.45, 2.75) is 20.5 Å².